The molecular formula is C32H27F3N6O4. The zero-order valence-electron chi connectivity index (χ0n) is 24.0. The third kappa shape index (κ3) is 6.71. The Morgan fingerprint density at radius 3 is 2.22 bits per heavy atom. The van der Waals surface area contributed by atoms with Crippen molar-refractivity contribution < 1.29 is 27.8 Å². The number of alkyl halides is 3. The summed E-state index contributed by atoms with van der Waals surface area (Å²) in [6, 6.07) is 25.6. The fourth-order valence-corrected chi connectivity index (χ4v) is 5.10. The van der Waals surface area contributed by atoms with Gasteiger partial charge in [-0.05, 0) is 79.0 Å². The molecule has 10 nitrogen and oxygen atoms in total. The van der Waals surface area contributed by atoms with Crippen LogP contribution >= 0.6 is 0 Å². The first-order chi connectivity index (χ1) is 21.6. The van der Waals surface area contributed by atoms with Crippen molar-refractivity contribution in [3.63, 3.8) is 0 Å². The van der Waals surface area contributed by atoms with Gasteiger partial charge in [0.2, 0.25) is 0 Å². The third-order valence-electron chi connectivity index (χ3n) is 7.32. The largest absolute Gasteiger partial charge is 0.497 e. The molecule has 5 aromatic rings. The van der Waals surface area contributed by atoms with E-state index in [4.69, 9.17) is 14.6 Å². The summed E-state index contributed by atoms with van der Waals surface area (Å²) in [6.07, 6.45) is -1.10. The minimum absolute atomic E-state index is 0.102. The van der Waals surface area contributed by atoms with Gasteiger partial charge in [-0.2, -0.15) is 23.5 Å². The van der Waals surface area contributed by atoms with Crippen molar-refractivity contribution in [2.75, 3.05) is 20.2 Å². The Balaban J connectivity index is 0.000000515. The van der Waals surface area contributed by atoms with Crippen LogP contribution < -0.4 is 10.3 Å². The number of hydrogen-bond donors (Lipinski definition) is 1. The lowest BCUT2D eigenvalue weighted by atomic mass is 9.99. The number of hydrogen-bond acceptors (Lipinski definition) is 7. The second-order valence-electron chi connectivity index (χ2n) is 10.2. The van der Waals surface area contributed by atoms with E-state index in [9.17, 15) is 23.2 Å². The Labute approximate surface area is 255 Å². The monoisotopic (exact) mass is 616 g/mol. The van der Waals surface area contributed by atoms with Crippen LogP contribution in [-0.2, 0) is 11.3 Å². The minimum Gasteiger partial charge on any atom is -0.497 e. The van der Waals surface area contributed by atoms with Crippen molar-refractivity contribution in [3.05, 3.63) is 101 Å². The van der Waals surface area contributed by atoms with Crippen LogP contribution in [0.3, 0.4) is 0 Å². The molecule has 230 valence electrons. The Kier molecular flexibility index (Phi) is 8.96. The summed E-state index contributed by atoms with van der Waals surface area (Å²) in [7, 11) is 1.59. The Morgan fingerprint density at radius 1 is 1.00 bits per heavy atom. The predicted octanol–water partition coefficient (Wildman–Crippen LogP) is 5.35. The highest BCUT2D eigenvalue weighted by Gasteiger charge is 2.38. The lowest BCUT2D eigenvalue weighted by Gasteiger charge is -2.18. The zero-order chi connectivity index (χ0) is 32.1. The molecule has 1 N–H and O–H groups in total. The maximum atomic E-state index is 13.7. The average Bonchev–Trinajstić information content (AvgIpc) is 3.70. The quantitative estimate of drug-likeness (QED) is 0.271. The Hall–Kier alpha value is -5.48. The van der Waals surface area contributed by atoms with Crippen LogP contribution in [0.5, 0.6) is 5.75 Å². The number of halogens is 3. The van der Waals surface area contributed by atoms with Crippen molar-refractivity contribution in [1.29, 1.82) is 5.26 Å². The first-order valence-electron chi connectivity index (χ1n) is 13.9. The highest BCUT2D eigenvalue weighted by atomic mass is 19.4. The molecule has 1 fully saturated rings. The lowest BCUT2D eigenvalue weighted by Crippen LogP contribution is -2.21. The number of nitriles is 1. The number of carboxylic acids is 1. The third-order valence-corrected chi connectivity index (χ3v) is 7.32. The van der Waals surface area contributed by atoms with Crippen molar-refractivity contribution in [2.24, 2.45) is 0 Å². The van der Waals surface area contributed by atoms with E-state index in [1.807, 2.05) is 24.3 Å². The number of rotatable bonds is 6. The smallest absolute Gasteiger partial charge is 0.490 e. The van der Waals surface area contributed by atoms with Crippen LogP contribution in [0.1, 0.15) is 24.1 Å². The molecule has 13 heteroatoms. The van der Waals surface area contributed by atoms with Gasteiger partial charge in [-0.3, -0.25) is 14.3 Å². The van der Waals surface area contributed by atoms with Crippen molar-refractivity contribution in [2.45, 2.75) is 25.6 Å². The van der Waals surface area contributed by atoms with Gasteiger partial charge in [-0.15, -0.1) is 0 Å². The number of carboxylic acid groups (broad SMARTS) is 1. The Morgan fingerprint density at radius 2 is 1.62 bits per heavy atom. The van der Waals surface area contributed by atoms with Gasteiger partial charge in [0.1, 0.15) is 23.7 Å². The van der Waals surface area contributed by atoms with Crippen molar-refractivity contribution in [1.82, 2.24) is 24.2 Å². The van der Waals surface area contributed by atoms with Crippen molar-refractivity contribution >= 4 is 17.0 Å². The zero-order valence-corrected chi connectivity index (χ0v) is 24.0. The molecule has 0 saturated carbocycles. The summed E-state index contributed by atoms with van der Waals surface area (Å²) in [4.78, 5) is 29.5. The van der Waals surface area contributed by atoms with Gasteiger partial charge in [0.15, 0.2) is 11.2 Å². The van der Waals surface area contributed by atoms with E-state index in [1.165, 1.54) is 39.5 Å². The van der Waals surface area contributed by atoms with Gasteiger partial charge in [0, 0.05) is 6.54 Å². The summed E-state index contributed by atoms with van der Waals surface area (Å²) in [5.74, 6) is -2.07. The molecule has 6 rings (SSSR count). The Bertz CT molecular complexity index is 1920. The molecule has 3 heterocycles. The molecule has 3 aromatic carbocycles. The fraction of sp³-hybridized carbons (Fsp3) is 0.219. The summed E-state index contributed by atoms with van der Waals surface area (Å²) >= 11 is 0. The molecule has 0 unspecified atom stereocenters. The highest BCUT2D eigenvalue weighted by Crippen LogP contribution is 2.27. The summed E-state index contributed by atoms with van der Waals surface area (Å²) in [5, 5.41) is 21.1. The maximum Gasteiger partial charge on any atom is 0.490 e. The van der Waals surface area contributed by atoms with Crippen LogP contribution in [0.4, 0.5) is 13.2 Å². The van der Waals surface area contributed by atoms with E-state index in [2.05, 4.69) is 45.3 Å². The van der Waals surface area contributed by atoms with Crippen LogP contribution in [0.15, 0.2) is 83.9 Å². The molecule has 2 aromatic heterocycles. The highest BCUT2D eigenvalue weighted by molar-refractivity contribution is 5.81. The molecular weight excluding hydrogens is 589 g/mol. The summed E-state index contributed by atoms with van der Waals surface area (Å²) in [5.41, 5.74) is 5.24. The van der Waals surface area contributed by atoms with E-state index in [0.29, 0.717) is 17.1 Å². The fourth-order valence-electron chi connectivity index (χ4n) is 5.10. The van der Waals surface area contributed by atoms with E-state index in [-0.39, 0.29) is 22.3 Å². The van der Waals surface area contributed by atoms with E-state index < -0.39 is 12.1 Å². The molecule has 0 spiro atoms. The van der Waals surface area contributed by atoms with Crippen LogP contribution in [0.25, 0.3) is 33.5 Å². The van der Waals surface area contributed by atoms with Crippen LogP contribution in [0, 0.1) is 11.3 Å². The van der Waals surface area contributed by atoms with Crippen LogP contribution in [0.2, 0.25) is 0 Å². The van der Waals surface area contributed by atoms with Crippen LogP contribution in [-0.4, -0.2) is 61.7 Å². The first kappa shape index (κ1) is 31.0. The standard InChI is InChI=1S/C30H26N6O2.C2HF3O2/c1-38-25-14-12-24(13-15-25)36-29-28(27(18-31)33-36)32-20-35(30(29)37)23-10-8-21(9-11-23)26-7-3-2-6-22(26)19-34-16-4-5-17-34;3-2(4,5)1(6)7/h2-3,6-15,20H,4-5,16-17,19H2,1H3;(H,6,7). The molecule has 0 radical (unpaired) electrons. The number of benzene rings is 3. The molecule has 1 aliphatic heterocycles. The SMILES string of the molecule is COc1ccc(-n2nc(C#N)c3ncn(-c4ccc(-c5ccccc5CN5CCCC5)cc4)c(=O)c32)cc1.O=C(O)C(F)(F)F. The number of fused-ring (bicyclic) bond motifs is 1. The maximum absolute atomic E-state index is 13.7. The van der Waals surface area contributed by atoms with E-state index in [0.717, 1.165) is 25.2 Å². The average molecular weight is 617 g/mol. The normalized spacial score (nSPS) is 13.2. The molecule has 0 atom stereocenters. The van der Waals surface area contributed by atoms with Gasteiger partial charge in [0.25, 0.3) is 5.56 Å². The molecule has 1 aliphatic rings. The van der Waals surface area contributed by atoms with Gasteiger partial charge >= 0.3 is 12.1 Å². The molecule has 1 saturated heterocycles. The number of carbonyl (C=O) groups is 1. The summed E-state index contributed by atoms with van der Waals surface area (Å²) in [6.45, 7) is 3.23. The number of likely N-dealkylation sites (tertiary alicyclic amines) is 1. The molecule has 0 bridgehead atoms. The predicted molar refractivity (Wildman–Crippen MR) is 159 cm³/mol. The second kappa shape index (κ2) is 13.0. The lowest BCUT2D eigenvalue weighted by molar-refractivity contribution is -0.192. The van der Waals surface area contributed by atoms with Gasteiger partial charge in [-0.1, -0.05) is 36.4 Å². The molecule has 0 amide bonds. The van der Waals surface area contributed by atoms with Gasteiger partial charge in [0.05, 0.1) is 18.5 Å². The summed E-state index contributed by atoms with van der Waals surface area (Å²) < 4.78 is 39.9. The first-order valence-corrected chi connectivity index (χ1v) is 13.9. The molecule has 45 heavy (non-hydrogen) atoms. The minimum atomic E-state index is -5.08. The number of methoxy groups -OCH3 is 1. The molecule has 0 aliphatic carbocycles. The number of nitrogens with zero attached hydrogens (tertiary/aromatic N) is 6. The van der Waals surface area contributed by atoms with Gasteiger partial charge < -0.3 is 9.84 Å². The van der Waals surface area contributed by atoms with E-state index in [1.54, 1.807) is 31.4 Å². The second-order valence-corrected chi connectivity index (χ2v) is 10.2. The number of aliphatic carboxylic acids is 1. The number of ether oxygens (including phenoxy) is 1. The number of aromatic nitrogens is 4. The van der Waals surface area contributed by atoms with Gasteiger partial charge in [-0.25, -0.2) is 14.5 Å². The topological polar surface area (TPSA) is 126 Å². The van der Waals surface area contributed by atoms with Crippen molar-refractivity contribution in [3.8, 4) is 34.3 Å². The van der Waals surface area contributed by atoms with E-state index >= 15 is 0 Å².